The minimum Gasteiger partial charge on any atom is -0.484 e. The lowest BCUT2D eigenvalue weighted by molar-refractivity contribution is -0.385. The summed E-state index contributed by atoms with van der Waals surface area (Å²) in [5.41, 5.74) is 0.417. The Morgan fingerprint density at radius 3 is 2.75 bits per heavy atom. The van der Waals surface area contributed by atoms with E-state index in [9.17, 15) is 14.9 Å². The molecule has 0 aliphatic carbocycles. The maximum Gasteiger partial charge on any atom is 0.287 e. The number of carbonyl (C=O) groups is 1. The van der Waals surface area contributed by atoms with Gasteiger partial charge >= 0.3 is 0 Å². The summed E-state index contributed by atoms with van der Waals surface area (Å²) in [4.78, 5) is 22.2. The predicted octanol–water partition coefficient (Wildman–Crippen LogP) is 2.96. The molecule has 0 saturated carbocycles. The van der Waals surface area contributed by atoms with Gasteiger partial charge in [0.25, 0.3) is 5.69 Å². The number of ether oxygens (including phenoxy) is 1. The first-order chi connectivity index (χ1) is 9.50. The van der Waals surface area contributed by atoms with Crippen LogP contribution in [0.15, 0.2) is 41.0 Å². The lowest BCUT2D eigenvalue weighted by atomic mass is 10.3. The van der Waals surface area contributed by atoms with Crippen molar-refractivity contribution >= 4 is 27.4 Å². The number of halogens is 1. The van der Waals surface area contributed by atoms with Crippen LogP contribution >= 0.6 is 15.9 Å². The SMILES string of the molecule is Cn1cccc1C(=O)COc1cccc([N+](=O)[O-])c1Br. The third-order valence-corrected chi connectivity index (χ3v) is 3.52. The largest absolute Gasteiger partial charge is 0.484 e. The van der Waals surface area contributed by atoms with E-state index < -0.39 is 4.92 Å². The fourth-order valence-corrected chi connectivity index (χ4v) is 2.24. The lowest BCUT2D eigenvalue weighted by Crippen LogP contribution is -2.15. The van der Waals surface area contributed by atoms with E-state index >= 15 is 0 Å². The second-order valence-corrected chi connectivity index (χ2v) is 4.86. The summed E-state index contributed by atoms with van der Waals surface area (Å²) in [6.07, 6.45) is 1.76. The van der Waals surface area contributed by atoms with Crippen LogP contribution in [0.4, 0.5) is 5.69 Å². The number of aryl methyl sites for hydroxylation is 1. The highest BCUT2D eigenvalue weighted by Gasteiger charge is 2.17. The van der Waals surface area contributed by atoms with Crippen molar-refractivity contribution in [1.29, 1.82) is 0 Å². The molecule has 0 N–H and O–H groups in total. The normalized spacial score (nSPS) is 10.3. The lowest BCUT2D eigenvalue weighted by Gasteiger charge is -2.08. The maximum absolute atomic E-state index is 11.9. The van der Waals surface area contributed by atoms with Gasteiger partial charge in [0.1, 0.15) is 10.2 Å². The number of ketones is 1. The van der Waals surface area contributed by atoms with E-state index in [-0.39, 0.29) is 28.3 Å². The fraction of sp³-hybridized carbons (Fsp3) is 0.154. The minimum atomic E-state index is -0.518. The van der Waals surface area contributed by atoms with Gasteiger partial charge in [0.05, 0.1) is 10.6 Å². The van der Waals surface area contributed by atoms with Gasteiger partial charge in [0.2, 0.25) is 5.78 Å². The van der Waals surface area contributed by atoms with E-state index in [1.165, 1.54) is 12.1 Å². The molecule has 7 heteroatoms. The van der Waals surface area contributed by atoms with Crippen molar-refractivity contribution in [2.24, 2.45) is 7.05 Å². The predicted molar refractivity (Wildman–Crippen MR) is 76.0 cm³/mol. The van der Waals surface area contributed by atoms with Crippen LogP contribution in [0.2, 0.25) is 0 Å². The maximum atomic E-state index is 11.9. The Balaban J connectivity index is 2.12. The molecule has 0 saturated heterocycles. The summed E-state index contributed by atoms with van der Waals surface area (Å²) in [6, 6.07) is 7.88. The molecule has 2 rings (SSSR count). The highest BCUT2D eigenvalue weighted by Crippen LogP contribution is 2.33. The van der Waals surface area contributed by atoms with E-state index in [0.717, 1.165) is 0 Å². The molecule has 0 bridgehead atoms. The topological polar surface area (TPSA) is 74.4 Å². The van der Waals surface area contributed by atoms with Crippen molar-refractivity contribution in [2.75, 3.05) is 6.61 Å². The van der Waals surface area contributed by atoms with Crippen molar-refractivity contribution in [2.45, 2.75) is 0 Å². The van der Waals surface area contributed by atoms with Gasteiger partial charge < -0.3 is 9.30 Å². The van der Waals surface area contributed by atoms with Gasteiger partial charge in [-0.1, -0.05) is 6.07 Å². The Morgan fingerprint density at radius 1 is 1.40 bits per heavy atom. The summed E-state index contributed by atoms with van der Waals surface area (Å²) in [5, 5.41) is 10.8. The van der Waals surface area contributed by atoms with Crippen LogP contribution in [0.25, 0.3) is 0 Å². The quantitative estimate of drug-likeness (QED) is 0.477. The number of aromatic nitrogens is 1. The van der Waals surface area contributed by atoms with Gasteiger partial charge in [-0.15, -0.1) is 0 Å². The van der Waals surface area contributed by atoms with E-state index in [2.05, 4.69) is 15.9 Å². The number of nitro groups is 1. The third kappa shape index (κ3) is 2.88. The Kier molecular flexibility index (Phi) is 4.19. The smallest absolute Gasteiger partial charge is 0.287 e. The first-order valence-corrected chi connectivity index (χ1v) is 6.50. The Hall–Kier alpha value is -2.15. The standard InChI is InChI=1S/C13H11BrN2O4/c1-15-7-3-5-9(15)11(17)8-20-12-6-2-4-10(13(12)14)16(18)19/h2-7H,8H2,1H3. The first-order valence-electron chi connectivity index (χ1n) is 5.71. The van der Waals surface area contributed by atoms with Gasteiger partial charge in [-0.3, -0.25) is 14.9 Å². The van der Waals surface area contributed by atoms with Crippen LogP contribution < -0.4 is 4.74 Å². The first kappa shape index (κ1) is 14.3. The number of nitrogens with zero attached hydrogens (tertiary/aromatic N) is 2. The number of hydrogen-bond acceptors (Lipinski definition) is 4. The summed E-state index contributed by atoms with van der Waals surface area (Å²) in [7, 11) is 1.76. The Labute approximate surface area is 123 Å². The summed E-state index contributed by atoms with van der Waals surface area (Å²) in [6.45, 7) is -0.183. The van der Waals surface area contributed by atoms with Crippen molar-refractivity contribution in [3.63, 3.8) is 0 Å². The molecular formula is C13H11BrN2O4. The average molecular weight is 339 g/mol. The average Bonchev–Trinajstić information content (AvgIpc) is 2.83. The van der Waals surface area contributed by atoms with Gasteiger partial charge in [-0.05, 0) is 34.1 Å². The van der Waals surface area contributed by atoms with Crippen LogP contribution in [0, 0.1) is 10.1 Å². The van der Waals surface area contributed by atoms with Gasteiger partial charge in [-0.25, -0.2) is 0 Å². The molecule has 2 aromatic rings. The van der Waals surface area contributed by atoms with Crippen molar-refractivity contribution in [3.8, 4) is 5.75 Å². The van der Waals surface area contributed by atoms with Crippen LogP contribution in [0.1, 0.15) is 10.5 Å². The highest BCUT2D eigenvalue weighted by atomic mass is 79.9. The summed E-state index contributed by atoms with van der Waals surface area (Å²) in [5.74, 6) is 0.0673. The monoisotopic (exact) mass is 338 g/mol. The zero-order valence-corrected chi connectivity index (χ0v) is 12.2. The molecule has 0 spiro atoms. The van der Waals surface area contributed by atoms with Crippen molar-refractivity contribution in [1.82, 2.24) is 4.57 Å². The molecule has 0 radical (unpaired) electrons. The molecule has 0 aliphatic heterocycles. The minimum absolute atomic E-state index is 0.103. The number of Topliss-reactive ketones (excluding diaryl/α,β-unsaturated/α-hetero) is 1. The van der Waals surface area contributed by atoms with Crippen molar-refractivity contribution < 1.29 is 14.5 Å². The van der Waals surface area contributed by atoms with Crippen LogP contribution in [-0.4, -0.2) is 21.9 Å². The Morgan fingerprint density at radius 2 is 2.15 bits per heavy atom. The second kappa shape index (κ2) is 5.87. The zero-order valence-electron chi connectivity index (χ0n) is 10.6. The molecule has 1 aromatic carbocycles. The van der Waals surface area contributed by atoms with Crippen LogP contribution in [-0.2, 0) is 7.05 Å². The van der Waals surface area contributed by atoms with Gasteiger partial charge in [0, 0.05) is 19.3 Å². The number of carbonyl (C=O) groups excluding carboxylic acids is 1. The van der Waals surface area contributed by atoms with Gasteiger partial charge in [-0.2, -0.15) is 0 Å². The van der Waals surface area contributed by atoms with Crippen LogP contribution in [0.3, 0.4) is 0 Å². The third-order valence-electron chi connectivity index (χ3n) is 2.73. The number of benzene rings is 1. The molecule has 0 aliphatic rings. The molecule has 0 atom stereocenters. The van der Waals surface area contributed by atoms with Crippen LogP contribution in [0.5, 0.6) is 5.75 Å². The van der Waals surface area contributed by atoms with E-state index in [4.69, 9.17) is 4.74 Å². The number of hydrogen-bond donors (Lipinski definition) is 0. The molecule has 104 valence electrons. The number of nitro benzene ring substituents is 1. The second-order valence-electron chi connectivity index (χ2n) is 4.06. The van der Waals surface area contributed by atoms with E-state index in [1.54, 1.807) is 36.0 Å². The van der Waals surface area contributed by atoms with Crippen molar-refractivity contribution in [3.05, 3.63) is 56.8 Å². The molecule has 0 fully saturated rings. The molecule has 1 heterocycles. The molecule has 0 amide bonds. The molecule has 6 nitrogen and oxygen atoms in total. The summed E-state index contributed by atoms with van der Waals surface area (Å²) >= 11 is 3.11. The number of rotatable bonds is 5. The molecule has 20 heavy (non-hydrogen) atoms. The summed E-state index contributed by atoms with van der Waals surface area (Å²) < 4.78 is 7.27. The molecule has 1 aromatic heterocycles. The van der Waals surface area contributed by atoms with E-state index in [1.807, 2.05) is 0 Å². The molecule has 0 unspecified atom stereocenters. The van der Waals surface area contributed by atoms with E-state index in [0.29, 0.717) is 5.69 Å². The fourth-order valence-electron chi connectivity index (χ4n) is 1.72. The highest BCUT2D eigenvalue weighted by molar-refractivity contribution is 9.10. The Bertz CT molecular complexity index is 666. The zero-order chi connectivity index (χ0) is 14.7. The molecular weight excluding hydrogens is 328 g/mol. The van der Waals surface area contributed by atoms with Gasteiger partial charge in [0.15, 0.2) is 6.61 Å².